The molecule has 0 saturated carbocycles. The van der Waals surface area contributed by atoms with Crippen molar-refractivity contribution in [3.63, 3.8) is 0 Å². The molecule has 0 aliphatic carbocycles. The van der Waals surface area contributed by atoms with Gasteiger partial charge >= 0.3 is 6.09 Å². The normalized spacial score (nSPS) is 17.4. The SMILES string of the molecule is CC(C)CN(C[C@@H](O)[C@H](Cc1ccc(I)cc1)NC(=O)O[C@H]1CCOC1)S(=O)(=O)c1ccc([N+](=O)[O-])cc1. The summed E-state index contributed by atoms with van der Waals surface area (Å²) in [5.41, 5.74) is 0.611. The predicted molar refractivity (Wildman–Crippen MR) is 148 cm³/mol. The van der Waals surface area contributed by atoms with Gasteiger partial charge in [-0.15, -0.1) is 0 Å². The maximum absolute atomic E-state index is 13.5. The predicted octanol–water partition coefficient (Wildman–Crippen LogP) is 3.33. The second kappa shape index (κ2) is 13.6. The Bertz CT molecular complexity index is 1190. The van der Waals surface area contributed by atoms with Crippen LogP contribution < -0.4 is 5.32 Å². The molecular weight excluding hydrogens is 629 g/mol. The number of hydrogen-bond acceptors (Lipinski definition) is 8. The molecule has 2 aromatic carbocycles. The fourth-order valence-electron chi connectivity index (χ4n) is 4.00. The highest BCUT2D eigenvalue weighted by Crippen LogP contribution is 2.22. The molecule has 0 radical (unpaired) electrons. The highest BCUT2D eigenvalue weighted by Gasteiger charge is 2.32. The lowest BCUT2D eigenvalue weighted by molar-refractivity contribution is -0.384. The highest BCUT2D eigenvalue weighted by molar-refractivity contribution is 14.1. The van der Waals surface area contributed by atoms with Gasteiger partial charge in [0.25, 0.3) is 5.69 Å². The van der Waals surface area contributed by atoms with Crippen LogP contribution in [-0.2, 0) is 25.9 Å². The van der Waals surface area contributed by atoms with E-state index in [0.717, 1.165) is 25.6 Å². The molecule has 38 heavy (non-hydrogen) atoms. The Morgan fingerprint density at radius 3 is 2.42 bits per heavy atom. The average Bonchev–Trinajstić information content (AvgIpc) is 3.37. The molecule has 3 rings (SSSR count). The number of sulfonamides is 1. The zero-order chi connectivity index (χ0) is 27.9. The van der Waals surface area contributed by atoms with Crippen molar-refractivity contribution in [1.29, 1.82) is 0 Å². The molecule has 1 fully saturated rings. The maximum atomic E-state index is 13.5. The van der Waals surface area contributed by atoms with E-state index in [1.165, 1.54) is 12.1 Å². The number of hydrogen-bond donors (Lipinski definition) is 2. The summed E-state index contributed by atoms with van der Waals surface area (Å²) >= 11 is 2.18. The smallest absolute Gasteiger partial charge is 0.407 e. The number of non-ortho nitro benzene ring substituents is 1. The number of halogens is 1. The monoisotopic (exact) mass is 661 g/mol. The summed E-state index contributed by atoms with van der Waals surface area (Å²) in [5, 5.41) is 25.0. The van der Waals surface area contributed by atoms with Crippen molar-refractivity contribution >= 4 is 44.4 Å². The molecule has 1 heterocycles. The van der Waals surface area contributed by atoms with Crippen LogP contribution in [0.4, 0.5) is 10.5 Å². The van der Waals surface area contributed by atoms with E-state index in [0.29, 0.717) is 19.6 Å². The first-order chi connectivity index (χ1) is 18.0. The Balaban J connectivity index is 1.82. The van der Waals surface area contributed by atoms with E-state index >= 15 is 0 Å². The van der Waals surface area contributed by atoms with Crippen LogP contribution in [-0.4, -0.2) is 73.4 Å². The fourth-order valence-corrected chi connectivity index (χ4v) is 5.98. The average molecular weight is 662 g/mol. The van der Waals surface area contributed by atoms with Gasteiger partial charge in [-0.25, -0.2) is 13.2 Å². The molecule has 11 nitrogen and oxygen atoms in total. The Kier molecular flexibility index (Phi) is 10.8. The van der Waals surface area contributed by atoms with Crippen LogP contribution in [0.25, 0.3) is 0 Å². The zero-order valence-electron chi connectivity index (χ0n) is 21.2. The van der Waals surface area contributed by atoms with Crippen molar-refractivity contribution in [3.8, 4) is 0 Å². The summed E-state index contributed by atoms with van der Waals surface area (Å²) in [6.07, 6.45) is -1.57. The third-order valence-corrected chi connectivity index (χ3v) is 8.51. The molecule has 3 atom stereocenters. The quantitative estimate of drug-likeness (QED) is 0.200. The van der Waals surface area contributed by atoms with E-state index in [1.54, 1.807) is 0 Å². The van der Waals surface area contributed by atoms with Gasteiger partial charge in [0.2, 0.25) is 10.0 Å². The van der Waals surface area contributed by atoms with E-state index in [9.17, 15) is 28.4 Å². The van der Waals surface area contributed by atoms with Crippen LogP contribution in [0.1, 0.15) is 25.8 Å². The van der Waals surface area contributed by atoms with Gasteiger partial charge in [-0.05, 0) is 64.8 Å². The molecule has 1 aliphatic heterocycles. The molecule has 208 valence electrons. The van der Waals surface area contributed by atoms with E-state index in [4.69, 9.17) is 9.47 Å². The van der Waals surface area contributed by atoms with Gasteiger partial charge < -0.3 is 19.9 Å². The third-order valence-electron chi connectivity index (χ3n) is 5.94. The molecule has 0 spiro atoms. The molecule has 1 amide bonds. The van der Waals surface area contributed by atoms with Crippen molar-refractivity contribution < 1.29 is 32.7 Å². The van der Waals surface area contributed by atoms with Crippen LogP contribution in [0.2, 0.25) is 0 Å². The first kappa shape index (κ1) is 30.2. The van der Waals surface area contributed by atoms with Crippen molar-refractivity contribution in [2.24, 2.45) is 5.92 Å². The molecule has 0 aromatic heterocycles. The van der Waals surface area contributed by atoms with Gasteiger partial charge in [-0.3, -0.25) is 10.1 Å². The number of carbonyl (C=O) groups is 1. The Morgan fingerprint density at radius 2 is 1.87 bits per heavy atom. The molecular formula is C25H32IN3O8S. The number of aliphatic hydroxyl groups is 1. The number of nitrogens with zero attached hydrogens (tertiary/aromatic N) is 2. The summed E-state index contributed by atoms with van der Waals surface area (Å²) in [6, 6.07) is 11.3. The van der Waals surface area contributed by atoms with E-state index < -0.39 is 33.2 Å². The fraction of sp³-hybridized carbons (Fsp3) is 0.480. The minimum absolute atomic E-state index is 0.0787. The number of amides is 1. The molecule has 1 aliphatic rings. The number of nitro groups is 1. The topological polar surface area (TPSA) is 148 Å². The van der Waals surface area contributed by atoms with Crippen molar-refractivity contribution in [2.75, 3.05) is 26.3 Å². The number of rotatable bonds is 12. The van der Waals surface area contributed by atoms with E-state index in [-0.39, 0.29) is 42.1 Å². The number of nitrogens with one attached hydrogen (secondary N) is 1. The molecule has 0 unspecified atom stereocenters. The number of benzene rings is 2. The standard InChI is InChI=1S/C25H32IN3O8S/c1-17(2)14-28(38(34,35)22-9-7-20(8-10-22)29(32)33)15-24(30)23(13-18-3-5-19(26)6-4-18)27-25(31)37-21-11-12-36-16-21/h3-10,17,21,23-24,30H,11-16H2,1-2H3,(H,27,31)/t21-,23-,24+/m0/s1. The van der Waals surface area contributed by atoms with Gasteiger partial charge in [-0.2, -0.15) is 4.31 Å². The summed E-state index contributed by atoms with van der Waals surface area (Å²) in [6.45, 7) is 4.26. The third kappa shape index (κ3) is 8.59. The van der Waals surface area contributed by atoms with Gasteiger partial charge in [0.15, 0.2) is 0 Å². The van der Waals surface area contributed by atoms with Crippen molar-refractivity contribution in [3.05, 3.63) is 67.8 Å². The van der Waals surface area contributed by atoms with Crippen LogP contribution in [0, 0.1) is 19.6 Å². The maximum Gasteiger partial charge on any atom is 0.407 e. The van der Waals surface area contributed by atoms with Crippen LogP contribution in [0.15, 0.2) is 53.4 Å². The summed E-state index contributed by atoms with van der Waals surface area (Å²) in [5.74, 6) is -0.0787. The minimum Gasteiger partial charge on any atom is -0.444 e. The zero-order valence-corrected chi connectivity index (χ0v) is 24.1. The lowest BCUT2D eigenvalue weighted by atomic mass is 10.0. The molecule has 2 aromatic rings. The number of nitro benzene ring substituents is 1. The summed E-state index contributed by atoms with van der Waals surface area (Å²) in [7, 11) is -4.10. The summed E-state index contributed by atoms with van der Waals surface area (Å²) in [4.78, 5) is 22.9. The van der Waals surface area contributed by atoms with Crippen LogP contribution >= 0.6 is 22.6 Å². The number of carbonyl (C=O) groups excluding carboxylic acids is 1. The Morgan fingerprint density at radius 1 is 1.21 bits per heavy atom. The van der Waals surface area contributed by atoms with Gasteiger partial charge in [0, 0.05) is 35.2 Å². The Labute approximate surface area is 235 Å². The summed E-state index contributed by atoms with van der Waals surface area (Å²) < 4.78 is 39.8. The second-order valence-electron chi connectivity index (χ2n) is 9.51. The van der Waals surface area contributed by atoms with Gasteiger partial charge in [0.05, 0.1) is 35.2 Å². The molecule has 0 bridgehead atoms. The minimum atomic E-state index is -4.10. The number of aliphatic hydroxyl groups excluding tert-OH is 1. The second-order valence-corrected chi connectivity index (χ2v) is 12.7. The first-order valence-corrected chi connectivity index (χ1v) is 14.7. The lowest BCUT2D eigenvalue weighted by Crippen LogP contribution is -2.51. The highest BCUT2D eigenvalue weighted by atomic mass is 127. The van der Waals surface area contributed by atoms with Crippen LogP contribution in [0.3, 0.4) is 0 Å². The molecule has 1 saturated heterocycles. The molecule has 2 N–H and O–H groups in total. The van der Waals surface area contributed by atoms with E-state index in [2.05, 4.69) is 27.9 Å². The Hall–Kier alpha value is -2.33. The van der Waals surface area contributed by atoms with E-state index in [1.807, 2.05) is 38.1 Å². The lowest BCUT2D eigenvalue weighted by Gasteiger charge is -2.30. The first-order valence-electron chi connectivity index (χ1n) is 12.2. The van der Waals surface area contributed by atoms with Gasteiger partial charge in [-0.1, -0.05) is 26.0 Å². The van der Waals surface area contributed by atoms with Gasteiger partial charge in [0.1, 0.15) is 6.10 Å². The number of ether oxygens (including phenoxy) is 2. The van der Waals surface area contributed by atoms with Crippen molar-refractivity contribution in [1.82, 2.24) is 9.62 Å². The largest absolute Gasteiger partial charge is 0.444 e. The molecule has 13 heteroatoms. The van der Waals surface area contributed by atoms with Crippen molar-refractivity contribution in [2.45, 2.75) is 49.8 Å². The number of alkyl carbamates (subject to hydrolysis) is 1. The van der Waals surface area contributed by atoms with Crippen LogP contribution in [0.5, 0.6) is 0 Å².